The van der Waals surface area contributed by atoms with Crippen LogP contribution in [0.5, 0.6) is 0 Å². The third kappa shape index (κ3) is 3.09. The van der Waals surface area contributed by atoms with E-state index in [0.717, 1.165) is 20.4 Å². The lowest BCUT2D eigenvalue weighted by Gasteiger charge is -2.30. The number of nitrogens with one attached hydrogen (secondary N) is 1. The predicted molar refractivity (Wildman–Crippen MR) is 90.5 cm³/mol. The van der Waals surface area contributed by atoms with E-state index < -0.39 is 0 Å². The van der Waals surface area contributed by atoms with Gasteiger partial charge in [0.05, 0.1) is 10.2 Å². The highest BCUT2D eigenvalue weighted by atomic mass is 79.9. The third-order valence-electron chi connectivity index (χ3n) is 3.66. The van der Waals surface area contributed by atoms with Crippen molar-refractivity contribution in [1.29, 1.82) is 0 Å². The summed E-state index contributed by atoms with van der Waals surface area (Å²) in [6, 6.07) is 6.85. The minimum Gasteiger partial charge on any atom is -0.358 e. The summed E-state index contributed by atoms with van der Waals surface area (Å²) in [6.45, 7) is 0. The zero-order valence-corrected chi connectivity index (χ0v) is 14.1. The molecular formula is C14H17BrN2S2. The van der Waals surface area contributed by atoms with Crippen LogP contribution < -0.4 is 5.32 Å². The van der Waals surface area contributed by atoms with E-state index in [-0.39, 0.29) is 0 Å². The molecule has 1 saturated carbocycles. The second kappa shape index (κ2) is 6.02. The molecule has 0 amide bonds. The highest BCUT2D eigenvalue weighted by Crippen LogP contribution is 2.33. The number of aromatic nitrogens is 1. The molecule has 0 radical (unpaired) electrons. The van der Waals surface area contributed by atoms with Crippen molar-refractivity contribution in [3.05, 3.63) is 22.7 Å². The van der Waals surface area contributed by atoms with Crippen molar-refractivity contribution in [3.63, 3.8) is 0 Å². The number of benzene rings is 1. The second-order valence-electron chi connectivity index (χ2n) is 4.94. The lowest BCUT2D eigenvalue weighted by atomic mass is 9.95. The first kappa shape index (κ1) is 13.7. The van der Waals surface area contributed by atoms with Gasteiger partial charge in [0.25, 0.3) is 0 Å². The molecule has 0 aliphatic heterocycles. The molecule has 2 nitrogen and oxygen atoms in total. The van der Waals surface area contributed by atoms with Gasteiger partial charge in [0.15, 0.2) is 5.13 Å². The van der Waals surface area contributed by atoms with Crippen molar-refractivity contribution in [2.75, 3.05) is 11.6 Å². The fourth-order valence-corrected chi connectivity index (χ4v) is 5.08. The molecule has 1 aliphatic rings. The zero-order chi connectivity index (χ0) is 13.2. The highest BCUT2D eigenvalue weighted by Gasteiger charge is 2.24. The fourth-order valence-electron chi connectivity index (χ4n) is 2.66. The first-order chi connectivity index (χ1) is 9.26. The van der Waals surface area contributed by atoms with Crippen molar-refractivity contribution in [2.24, 2.45) is 0 Å². The maximum Gasteiger partial charge on any atom is 0.184 e. The maximum absolute atomic E-state index is 4.69. The lowest BCUT2D eigenvalue weighted by Crippen LogP contribution is -2.34. The molecule has 0 bridgehead atoms. The van der Waals surface area contributed by atoms with E-state index in [2.05, 4.69) is 45.7 Å². The van der Waals surface area contributed by atoms with Crippen LogP contribution in [0, 0.1) is 0 Å². The molecule has 1 aliphatic carbocycles. The highest BCUT2D eigenvalue weighted by molar-refractivity contribution is 9.10. The van der Waals surface area contributed by atoms with E-state index in [0.29, 0.717) is 6.04 Å². The molecule has 5 heteroatoms. The van der Waals surface area contributed by atoms with Crippen LogP contribution in [-0.4, -0.2) is 22.5 Å². The van der Waals surface area contributed by atoms with Gasteiger partial charge in [0, 0.05) is 15.8 Å². The molecule has 0 saturated heterocycles. The van der Waals surface area contributed by atoms with Crippen LogP contribution in [0.3, 0.4) is 0 Å². The van der Waals surface area contributed by atoms with Gasteiger partial charge in [0.1, 0.15) is 0 Å². The van der Waals surface area contributed by atoms with Crippen LogP contribution >= 0.6 is 39.0 Å². The number of halogens is 1. The van der Waals surface area contributed by atoms with Crippen LogP contribution in [0.15, 0.2) is 22.7 Å². The Kier molecular flexibility index (Phi) is 4.34. The average Bonchev–Trinajstić information content (AvgIpc) is 2.80. The van der Waals surface area contributed by atoms with Gasteiger partial charge in [-0.25, -0.2) is 4.98 Å². The van der Waals surface area contributed by atoms with Crippen LogP contribution in [0.4, 0.5) is 5.13 Å². The summed E-state index contributed by atoms with van der Waals surface area (Å²) in [5.74, 6) is 0. The number of thioether (sulfide) groups is 1. The van der Waals surface area contributed by atoms with Gasteiger partial charge in [-0.05, 0) is 37.3 Å². The monoisotopic (exact) mass is 356 g/mol. The van der Waals surface area contributed by atoms with Gasteiger partial charge in [-0.15, -0.1) is 0 Å². The Morgan fingerprint density at radius 3 is 3.05 bits per heavy atom. The number of thiazole rings is 1. The topological polar surface area (TPSA) is 24.9 Å². The number of hydrogen-bond donors (Lipinski definition) is 1. The van der Waals surface area contributed by atoms with Crippen LogP contribution in [0.25, 0.3) is 10.2 Å². The summed E-state index contributed by atoms with van der Waals surface area (Å²) in [5.41, 5.74) is 1.09. The number of nitrogens with zero attached hydrogens (tertiary/aromatic N) is 1. The van der Waals surface area contributed by atoms with Crippen molar-refractivity contribution in [1.82, 2.24) is 4.98 Å². The third-order valence-corrected chi connectivity index (χ3v) is 6.28. The van der Waals surface area contributed by atoms with Crippen LogP contribution in [-0.2, 0) is 0 Å². The Morgan fingerprint density at radius 2 is 2.21 bits per heavy atom. The number of hydrogen-bond acceptors (Lipinski definition) is 4. The summed E-state index contributed by atoms with van der Waals surface area (Å²) >= 11 is 7.26. The fraction of sp³-hybridized carbons (Fsp3) is 0.500. The largest absolute Gasteiger partial charge is 0.358 e. The molecule has 3 rings (SSSR count). The van der Waals surface area contributed by atoms with Crippen molar-refractivity contribution in [3.8, 4) is 0 Å². The summed E-state index contributed by atoms with van der Waals surface area (Å²) in [6.07, 6.45) is 7.53. The Balaban J connectivity index is 1.80. The molecule has 1 heterocycles. The maximum atomic E-state index is 4.69. The Morgan fingerprint density at radius 1 is 1.37 bits per heavy atom. The molecule has 1 aromatic heterocycles. The first-order valence-electron chi connectivity index (χ1n) is 6.61. The lowest BCUT2D eigenvalue weighted by molar-refractivity contribution is 0.475. The van der Waals surface area contributed by atoms with E-state index in [1.54, 1.807) is 11.3 Å². The van der Waals surface area contributed by atoms with Crippen molar-refractivity contribution < 1.29 is 0 Å². The van der Waals surface area contributed by atoms with Crippen LogP contribution in [0.2, 0.25) is 0 Å². The predicted octanol–water partition coefficient (Wildman–Crippen LogP) is 5.14. The van der Waals surface area contributed by atoms with Gasteiger partial charge >= 0.3 is 0 Å². The number of anilines is 1. The molecule has 1 fully saturated rings. The smallest absolute Gasteiger partial charge is 0.184 e. The number of rotatable bonds is 3. The van der Waals surface area contributed by atoms with Gasteiger partial charge in [-0.2, -0.15) is 11.8 Å². The summed E-state index contributed by atoms with van der Waals surface area (Å²) in [5, 5.41) is 5.46. The molecule has 19 heavy (non-hydrogen) atoms. The minimum absolute atomic E-state index is 0.577. The summed E-state index contributed by atoms with van der Waals surface area (Å²) in [4.78, 5) is 4.69. The SMILES string of the molecule is CSC1CCCCC1Nc1nc2ccc(Br)cc2s1. The Hall–Kier alpha value is -0.260. The molecule has 2 unspecified atom stereocenters. The average molecular weight is 357 g/mol. The van der Waals surface area contributed by atoms with E-state index in [1.165, 1.54) is 30.4 Å². The Labute approximate surface area is 130 Å². The van der Waals surface area contributed by atoms with E-state index >= 15 is 0 Å². The number of fused-ring (bicyclic) bond motifs is 1. The molecule has 2 aromatic rings. The molecule has 1 N–H and O–H groups in total. The molecule has 2 atom stereocenters. The normalized spacial score (nSPS) is 23.7. The quantitative estimate of drug-likeness (QED) is 0.823. The van der Waals surface area contributed by atoms with Crippen molar-refractivity contribution >= 4 is 54.4 Å². The molecule has 0 spiro atoms. The van der Waals surface area contributed by atoms with Crippen LogP contribution in [0.1, 0.15) is 25.7 Å². The molecule has 102 valence electrons. The summed E-state index contributed by atoms with van der Waals surface area (Å²) < 4.78 is 2.36. The first-order valence-corrected chi connectivity index (χ1v) is 9.51. The zero-order valence-electron chi connectivity index (χ0n) is 10.9. The van der Waals surface area contributed by atoms with Gasteiger partial charge in [-0.1, -0.05) is 40.1 Å². The summed E-state index contributed by atoms with van der Waals surface area (Å²) in [7, 11) is 0. The van der Waals surface area contributed by atoms with Crippen molar-refractivity contribution in [2.45, 2.75) is 37.0 Å². The van der Waals surface area contributed by atoms with Gasteiger partial charge in [-0.3, -0.25) is 0 Å². The van der Waals surface area contributed by atoms with E-state index in [1.807, 2.05) is 11.8 Å². The van der Waals surface area contributed by atoms with E-state index in [4.69, 9.17) is 4.98 Å². The Bertz CT molecular complexity index is 570. The van der Waals surface area contributed by atoms with Gasteiger partial charge in [0.2, 0.25) is 0 Å². The minimum atomic E-state index is 0.577. The second-order valence-corrected chi connectivity index (χ2v) is 7.96. The molecular weight excluding hydrogens is 340 g/mol. The molecule has 1 aromatic carbocycles. The standard InChI is InChI=1S/C14H17BrN2S2/c1-18-12-5-3-2-4-10(12)16-14-17-11-7-6-9(15)8-13(11)19-14/h6-8,10,12H,2-5H2,1H3,(H,16,17). The van der Waals surface area contributed by atoms with Gasteiger partial charge < -0.3 is 5.32 Å². The van der Waals surface area contributed by atoms with E-state index in [9.17, 15) is 0 Å².